The first kappa shape index (κ1) is 20.2. The molecule has 1 aliphatic rings. The van der Waals surface area contributed by atoms with Gasteiger partial charge in [0.15, 0.2) is 5.82 Å². The van der Waals surface area contributed by atoms with Crippen molar-refractivity contribution in [1.29, 1.82) is 0 Å². The molecule has 2 aromatic carbocycles. The van der Waals surface area contributed by atoms with Crippen LogP contribution in [0.15, 0.2) is 67.0 Å². The largest absolute Gasteiger partial charge is 0.326 e. The van der Waals surface area contributed by atoms with E-state index in [-0.39, 0.29) is 5.91 Å². The molecule has 162 valence electrons. The zero-order chi connectivity index (χ0) is 21.8. The summed E-state index contributed by atoms with van der Waals surface area (Å²) in [6, 6.07) is 17.8. The Morgan fingerprint density at radius 3 is 2.81 bits per heavy atom. The molecule has 0 atom stereocenters. The minimum atomic E-state index is -0.0188. The molecule has 0 bridgehead atoms. The number of aromatic nitrogens is 5. The Bertz CT molecular complexity index is 1210. The standard InChI is InChI=1S/C25H26N6O/c32-24(14-13-19-17-26-31(18-19)22-10-3-1-4-11-22)27-21-9-7-8-20(16-21)25-29-28-23-12-5-2-6-15-30(23)25/h1,3-4,7-11,16-18H,2,5-6,12-15H2,(H,27,32). The van der Waals surface area contributed by atoms with Gasteiger partial charge in [0.05, 0.1) is 11.9 Å². The van der Waals surface area contributed by atoms with Gasteiger partial charge in [-0.15, -0.1) is 10.2 Å². The smallest absolute Gasteiger partial charge is 0.224 e. The maximum atomic E-state index is 12.6. The molecule has 1 aliphatic heterocycles. The van der Waals surface area contributed by atoms with Crippen LogP contribution in [0.3, 0.4) is 0 Å². The number of nitrogens with zero attached hydrogens (tertiary/aromatic N) is 5. The first-order valence-electron chi connectivity index (χ1n) is 11.2. The molecule has 0 spiro atoms. The molecule has 1 N–H and O–H groups in total. The second kappa shape index (κ2) is 9.18. The van der Waals surface area contributed by atoms with Gasteiger partial charge in [0.1, 0.15) is 5.82 Å². The Hall–Kier alpha value is -3.74. The zero-order valence-electron chi connectivity index (χ0n) is 17.9. The van der Waals surface area contributed by atoms with Gasteiger partial charge in [-0.3, -0.25) is 4.79 Å². The summed E-state index contributed by atoms with van der Waals surface area (Å²) in [6.45, 7) is 0.949. The summed E-state index contributed by atoms with van der Waals surface area (Å²) in [4.78, 5) is 12.6. The number of rotatable bonds is 6. The Kier molecular flexibility index (Phi) is 5.79. The number of hydrogen-bond acceptors (Lipinski definition) is 4. The van der Waals surface area contributed by atoms with Gasteiger partial charge in [0.25, 0.3) is 0 Å². The number of nitrogens with one attached hydrogen (secondary N) is 1. The van der Waals surface area contributed by atoms with E-state index in [2.05, 4.69) is 25.2 Å². The van der Waals surface area contributed by atoms with Gasteiger partial charge in [-0.05, 0) is 49.1 Å². The molecule has 0 aliphatic carbocycles. The Balaban J connectivity index is 1.22. The van der Waals surface area contributed by atoms with E-state index >= 15 is 0 Å². The third kappa shape index (κ3) is 4.46. The first-order chi connectivity index (χ1) is 15.8. The normalized spacial score (nSPS) is 13.4. The topological polar surface area (TPSA) is 77.6 Å². The third-order valence-corrected chi connectivity index (χ3v) is 5.81. The fraction of sp³-hybridized carbons (Fsp3) is 0.280. The lowest BCUT2D eigenvalue weighted by atomic mass is 10.1. The van der Waals surface area contributed by atoms with E-state index in [9.17, 15) is 4.79 Å². The van der Waals surface area contributed by atoms with E-state index in [1.54, 1.807) is 0 Å². The molecule has 0 fully saturated rings. The first-order valence-corrected chi connectivity index (χ1v) is 11.2. The van der Waals surface area contributed by atoms with Crippen LogP contribution in [0, 0.1) is 0 Å². The van der Waals surface area contributed by atoms with Crippen LogP contribution < -0.4 is 5.32 Å². The minimum absolute atomic E-state index is 0.0188. The SMILES string of the molecule is O=C(CCc1cnn(-c2ccccc2)c1)Nc1cccc(-c2nnc3n2CCCCC3)c1. The average Bonchev–Trinajstić information content (AvgIpc) is 3.40. The molecule has 32 heavy (non-hydrogen) atoms. The van der Waals surface area contributed by atoms with Crippen LogP contribution in [0.25, 0.3) is 17.1 Å². The Labute approximate surface area is 187 Å². The van der Waals surface area contributed by atoms with E-state index in [1.165, 1.54) is 12.8 Å². The summed E-state index contributed by atoms with van der Waals surface area (Å²) in [5, 5.41) is 16.2. The number of hydrogen-bond donors (Lipinski definition) is 1. The van der Waals surface area contributed by atoms with Gasteiger partial charge >= 0.3 is 0 Å². The highest BCUT2D eigenvalue weighted by molar-refractivity contribution is 5.91. The third-order valence-electron chi connectivity index (χ3n) is 5.81. The maximum absolute atomic E-state index is 12.6. The van der Waals surface area contributed by atoms with Crippen molar-refractivity contribution < 1.29 is 4.79 Å². The Morgan fingerprint density at radius 1 is 1.00 bits per heavy atom. The van der Waals surface area contributed by atoms with E-state index in [4.69, 9.17) is 0 Å². The average molecular weight is 427 g/mol. The molecule has 0 saturated heterocycles. The Morgan fingerprint density at radius 2 is 1.91 bits per heavy atom. The summed E-state index contributed by atoms with van der Waals surface area (Å²) in [6.07, 6.45) is 9.33. The van der Waals surface area contributed by atoms with Gasteiger partial charge in [0.2, 0.25) is 5.91 Å². The van der Waals surface area contributed by atoms with E-state index < -0.39 is 0 Å². The van der Waals surface area contributed by atoms with Crippen LogP contribution in [-0.4, -0.2) is 30.5 Å². The van der Waals surface area contributed by atoms with Crippen LogP contribution in [0.1, 0.15) is 37.1 Å². The van der Waals surface area contributed by atoms with Crippen molar-refractivity contribution in [2.75, 3.05) is 5.32 Å². The van der Waals surface area contributed by atoms with Gasteiger partial charge in [0, 0.05) is 36.8 Å². The van der Waals surface area contributed by atoms with Crippen molar-refractivity contribution in [3.63, 3.8) is 0 Å². The molecule has 7 heteroatoms. The number of amides is 1. The van der Waals surface area contributed by atoms with Gasteiger partial charge in [-0.2, -0.15) is 5.10 Å². The molecule has 0 unspecified atom stereocenters. The second-order valence-corrected chi connectivity index (χ2v) is 8.16. The lowest BCUT2D eigenvalue weighted by Crippen LogP contribution is -2.12. The number of aryl methyl sites for hydroxylation is 2. The molecule has 5 rings (SSSR count). The van der Waals surface area contributed by atoms with Gasteiger partial charge in [-0.1, -0.05) is 36.8 Å². The summed E-state index contributed by atoms with van der Waals surface area (Å²) in [5.74, 6) is 1.92. The molecular formula is C25H26N6O. The highest BCUT2D eigenvalue weighted by Gasteiger charge is 2.16. The number of benzene rings is 2. The number of carbonyl (C=O) groups is 1. The van der Waals surface area contributed by atoms with Gasteiger partial charge in [-0.25, -0.2) is 4.68 Å². The summed E-state index contributed by atoms with van der Waals surface area (Å²) >= 11 is 0. The molecule has 0 radical (unpaired) electrons. The van der Waals surface area contributed by atoms with Crippen molar-refractivity contribution in [2.24, 2.45) is 0 Å². The number of carbonyl (C=O) groups excluding carboxylic acids is 1. The summed E-state index contributed by atoms with van der Waals surface area (Å²) in [5.41, 5.74) is 3.79. The van der Waals surface area contributed by atoms with Crippen LogP contribution in [-0.2, 0) is 24.2 Å². The summed E-state index contributed by atoms with van der Waals surface area (Å²) < 4.78 is 4.05. The molecule has 0 saturated carbocycles. The minimum Gasteiger partial charge on any atom is -0.326 e. The van der Waals surface area contributed by atoms with Crippen molar-refractivity contribution in [3.05, 3.63) is 78.4 Å². The zero-order valence-corrected chi connectivity index (χ0v) is 17.9. The van der Waals surface area contributed by atoms with Crippen molar-refractivity contribution in [2.45, 2.75) is 45.1 Å². The van der Waals surface area contributed by atoms with Crippen LogP contribution in [0.5, 0.6) is 0 Å². The highest BCUT2D eigenvalue weighted by atomic mass is 16.1. The lowest BCUT2D eigenvalue weighted by molar-refractivity contribution is -0.116. The maximum Gasteiger partial charge on any atom is 0.224 e. The molecule has 7 nitrogen and oxygen atoms in total. The van der Waals surface area contributed by atoms with Crippen molar-refractivity contribution in [1.82, 2.24) is 24.5 Å². The van der Waals surface area contributed by atoms with Crippen LogP contribution in [0.4, 0.5) is 5.69 Å². The predicted molar refractivity (Wildman–Crippen MR) is 124 cm³/mol. The molecule has 2 aromatic heterocycles. The van der Waals surface area contributed by atoms with E-state index in [1.807, 2.05) is 71.7 Å². The number of para-hydroxylation sites is 1. The van der Waals surface area contributed by atoms with Gasteiger partial charge < -0.3 is 9.88 Å². The van der Waals surface area contributed by atoms with E-state index in [0.29, 0.717) is 12.8 Å². The fourth-order valence-corrected chi connectivity index (χ4v) is 4.13. The lowest BCUT2D eigenvalue weighted by Gasteiger charge is -2.09. The van der Waals surface area contributed by atoms with Crippen molar-refractivity contribution in [3.8, 4) is 17.1 Å². The van der Waals surface area contributed by atoms with E-state index in [0.717, 1.165) is 53.5 Å². The number of fused-ring (bicyclic) bond motifs is 1. The predicted octanol–water partition coefficient (Wildman–Crippen LogP) is 4.43. The van der Waals surface area contributed by atoms with Crippen LogP contribution in [0.2, 0.25) is 0 Å². The summed E-state index contributed by atoms with van der Waals surface area (Å²) in [7, 11) is 0. The second-order valence-electron chi connectivity index (χ2n) is 8.16. The molecular weight excluding hydrogens is 400 g/mol. The fourth-order valence-electron chi connectivity index (χ4n) is 4.13. The highest BCUT2D eigenvalue weighted by Crippen LogP contribution is 2.25. The van der Waals surface area contributed by atoms with Crippen molar-refractivity contribution >= 4 is 11.6 Å². The molecule has 1 amide bonds. The molecule has 4 aromatic rings. The number of anilines is 1. The monoisotopic (exact) mass is 426 g/mol. The molecule has 3 heterocycles. The van der Waals surface area contributed by atoms with Crippen LogP contribution >= 0.6 is 0 Å². The quantitative estimate of drug-likeness (QED) is 0.495.